The first kappa shape index (κ1) is 14.6. The third-order valence-corrected chi connectivity index (χ3v) is 3.74. The largest absolute Gasteiger partial charge is 0.369 e. The molecule has 0 saturated carbocycles. The first-order valence-corrected chi connectivity index (χ1v) is 7.33. The normalized spacial score (nSPS) is 20.5. The molecular weight excluding hydrogens is 282 g/mol. The summed E-state index contributed by atoms with van der Waals surface area (Å²) in [7, 11) is 0. The van der Waals surface area contributed by atoms with Crippen molar-refractivity contribution in [1.29, 1.82) is 0 Å². The van der Waals surface area contributed by atoms with Crippen LogP contribution in [-0.2, 0) is 17.7 Å². The molecule has 3 rings (SSSR count). The van der Waals surface area contributed by atoms with Crippen molar-refractivity contribution in [3.8, 4) is 0 Å². The minimum absolute atomic E-state index is 0.0719. The Morgan fingerprint density at radius 3 is 3.05 bits per heavy atom. The molecule has 3 heterocycles. The van der Waals surface area contributed by atoms with Crippen molar-refractivity contribution in [2.24, 2.45) is 0 Å². The van der Waals surface area contributed by atoms with Gasteiger partial charge in [0.25, 0.3) is 5.91 Å². The molecule has 1 amide bonds. The summed E-state index contributed by atoms with van der Waals surface area (Å²) in [6, 6.07) is 1.85. The van der Waals surface area contributed by atoms with E-state index in [2.05, 4.69) is 25.5 Å². The highest BCUT2D eigenvalue weighted by atomic mass is 16.5. The quantitative estimate of drug-likeness (QED) is 0.895. The molecule has 0 aromatic carbocycles. The van der Waals surface area contributed by atoms with Gasteiger partial charge in [0, 0.05) is 17.7 Å². The van der Waals surface area contributed by atoms with E-state index in [9.17, 15) is 4.79 Å². The summed E-state index contributed by atoms with van der Waals surface area (Å²) >= 11 is 0. The van der Waals surface area contributed by atoms with Gasteiger partial charge >= 0.3 is 0 Å². The van der Waals surface area contributed by atoms with Crippen LogP contribution in [0, 0.1) is 6.92 Å². The molecule has 0 fully saturated rings. The number of nitrogens with one attached hydrogen (secondary N) is 2. The number of ether oxygens (including phenoxy) is 1. The zero-order valence-electron chi connectivity index (χ0n) is 12.9. The SMILES string of the molecule is Cc1cc(CNC(=O)c2n[nH]c3c2C[C@@H](C)O[C@H]3C)ncn1. The second-order valence-electron chi connectivity index (χ2n) is 5.59. The summed E-state index contributed by atoms with van der Waals surface area (Å²) < 4.78 is 5.73. The molecule has 2 aromatic heterocycles. The highest BCUT2D eigenvalue weighted by Gasteiger charge is 2.29. The third kappa shape index (κ3) is 2.85. The minimum atomic E-state index is -0.199. The van der Waals surface area contributed by atoms with Crippen LogP contribution in [0.1, 0.15) is 53.1 Å². The van der Waals surface area contributed by atoms with E-state index in [4.69, 9.17) is 4.74 Å². The van der Waals surface area contributed by atoms with Gasteiger partial charge in [-0.05, 0) is 26.8 Å². The molecule has 7 nitrogen and oxygen atoms in total. The Kier molecular flexibility index (Phi) is 3.89. The Balaban J connectivity index is 1.73. The zero-order chi connectivity index (χ0) is 15.7. The maximum absolute atomic E-state index is 12.4. The van der Waals surface area contributed by atoms with Crippen molar-refractivity contribution in [3.05, 3.63) is 40.7 Å². The van der Waals surface area contributed by atoms with Gasteiger partial charge < -0.3 is 10.1 Å². The Hall–Kier alpha value is -2.28. The fraction of sp³-hybridized carbons (Fsp3) is 0.467. The van der Waals surface area contributed by atoms with Crippen LogP contribution in [0.25, 0.3) is 0 Å². The molecule has 0 unspecified atom stereocenters. The lowest BCUT2D eigenvalue weighted by atomic mass is 9.99. The lowest BCUT2D eigenvalue weighted by Gasteiger charge is -2.25. The van der Waals surface area contributed by atoms with Crippen molar-refractivity contribution in [2.45, 2.75) is 45.9 Å². The number of carbonyl (C=O) groups is 1. The van der Waals surface area contributed by atoms with Gasteiger partial charge in [-0.25, -0.2) is 9.97 Å². The number of aromatic amines is 1. The molecule has 2 atom stereocenters. The topological polar surface area (TPSA) is 92.8 Å². The molecule has 0 aliphatic carbocycles. The Morgan fingerprint density at radius 2 is 2.27 bits per heavy atom. The lowest BCUT2D eigenvalue weighted by molar-refractivity contribution is -0.00697. The van der Waals surface area contributed by atoms with E-state index in [1.165, 1.54) is 6.33 Å². The number of amides is 1. The monoisotopic (exact) mass is 301 g/mol. The van der Waals surface area contributed by atoms with Crippen LogP contribution in [0.2, 0.25) is 0 Å². The van der Waals surface area contributed by atoms with Crippen molar-refractivity contribution in [1.82, 2.24) is 25.5 Å². The summed E-state index contributed by atoms with van der Waals surface area (Å²) in [6.07, 6.45) is 2.19. The number of aryl methyl sites for hydroxylation is 1. The molecule has 116 valence electrons. The van der Waals surface area contributed by atoms with Gasteiger partial charge in [-0.1, -0.05) is 0 Å². The van der Waals surface area contributed by atoms with Gasteiger partial charge in [0.05, 0.1) is 30.1 Å². The van der Waals surface area contributed by atoms with Gasteiger partial charge in [-0.3, -0.25) is 9.89 Å². The fourth-order valence-electron chi connectivity index (χ4n) is 2.72. The summed E-state index contributed by atoms with van der Waals surface area (Å²) in [5, 5.41) is 9.94. The van der Waals surface area contributed by atoms with Crippen molar-refractivity contribution in [2.75, 3.05) is 0 Å². The van der Waals surface area contributed by atoms with Gasteiger partial charge in [0.1, 0.15) is 6.33 Å². The smallest absolute Gasteiger partial charge is 0.272 e. The minimum Gasteiger partial charge on any atom is -0.369 e. The van der Waals surface area contributed by atoms with Crippen molar-refractivity contribution in [3.63, 3.8) is 0 Å². The molecule has 0 radical (unpaired) electrons. The van der Waals surface area contributed by atoms with E-state index in [0.29, 0.717) is 18.7 Å². The second-order valence-corrected chi connectivity index (χ2v) is 5.59. The van der Waals surface area contributed by atoms with Gasteiger partial charge in [0.2, 0.25) is 0 Å². The second kappa shape index (κ2) is 5.84. The summed E-state index contributed by atoms with van der Waals surface area (Å²) in [4.78, 5) is 20.5. The van der Waals surface area contributed by atoms with E-state index in [1.807, 2.05) is 26.8 Å². The van der Waals surface area contributed by atoms with Crippen molar-refractivity contribution >= 4 is 5.91 Å². The van der Waals surface area contributed by atoms with Crippen LogP contribution in [0.15, 0.2) is 12.4 Å². The summed E-state index contributed by atoms with van der Waals surface area (Å²) in [5.74, 6) is -0.199. The number of hydrogen-bond donors (Lipinski definition) is 2. The fourth-order valence-corrected chi connectivity index (χ4v) is 2.72. The van der Waals surface area contributed by atoms with Crippen LogP contribution in [0.5, 0.6) is 0 Å². The van der Waals surface area contributed by atoms with Gasteiger partial charge in [-0.2, -0.15) is 5.10 Å². The number of carbonyl (C=O) groups excluding carboxylic acids is 1. The Morgan fingerprint density at radius 1 is 1.45 bits per heavy atom. The molecule has 0 bridgehead atoms. The predicted octanol–water partition coefficient (Wildman–Crippen LogP) is 1.46. The molecule has 1 aliphatic rings. The number of hydrogen-bond acceptors (Lipinski definition) is 5. The number of H-pyrrole nitrogens is 1. The van der Waals surface area contributed by atoms with Crippen LogP contribution in [0.3, 0.4) is 0 Å². The number of rotatable bonds is 3. The van der Waals surface area contributed by atoms with Gasteiger partial charge in [-0.15, -0.1) is 0 Å². The first-order chi connectivity index (χ1) is 10.5. The molecule has 2 N–H and O–H groups in total. The van der Waals surface area contributed by atoms with Gasteiger partial charge in [0.15, 0.2) is 5.69 Å². The third-order valence-electron chi connectivity index (χ3n) is 3.74. The Labute approximate surface area is 128 Å². The Bertz CT molecular complexity index is 697. The van der Waals surface area contributed by atoms with Crippen LogP contribution < -0.4 is 5.32 Å². The van der Waals surface area contributed by atoms with E-state index in [1.54, 1.807) is 0 Å². The first-order valence-electron chi connectivity index (χ1n) is 7.33. The summed E-state index contributed by atoms with van der Waals surface area (Å²) in [6.45, 7) is 6.20. The predicted molar refractivity (Wildman–Crippen MR) is 79.2 cm³/mol. The number of aromatic nitrogens is 4. The molecule has 0 spiro atoms. The molecule has 1 aliphatic heterocycles. The van der Waals surface area contributed by atoms with Crippen LogP contribution >= 0.6 is 0 Å². The van der Waals surface area contributed by atoms with E-state index in [-0.39, 0.29) is 18.1 Å². The molecular formula is C15H19N5O2. The van der Waals surface area contributed by atoms with Crippen LogP contribution in [0.4, 0.5) is 0 Å². The maximum atomic E-state index is 12.4. The number of nitrogens with zero attached hydrogens (tertiary/aromatic N) is 3. The molecule has 22 heavy (non-hydrogen) atoms. The molecule has 0 saturated heterocycles. The lowest BCUT2D eigenvalue weighted by Crippen LogP contribution is -2.27. The maximum Gasteiger partial charge on any atom is 0.272 e. The van der Waals surface area contributed by atoms with E-state index in [0.717, 1.165) is 22.6 Å². The standard InChI is InChI=1S/C15H19N5O2/c1-8-4-11(18-7-17-8)6-16-15(21)14-12-5-9(2)22-10(3)13(12)19-20-14/h4,7,9-10H,5-6H2,1-3H3,(H,16,21)(H,19,20)/t9-,10+/m1/s1. The van der Waals surface area contributed by atoms with E-state index < -0.39 is 0 Å². The zero-order valence-corrected chi connectivity index (χ0v) is 12.9. The summed E-state index contributed by atoms with van der Waals surface area (Å²) in [5.41, 5.74) is 3.93. The average Bonchev–Trinajstić information content (AvgIpc) is 2.89. The van der Waals surface area contributed by atoms with E-state index >= 15 is 0 Å². The van der Waals surface area contributed by atoms with Crippen molar-refractivity contribution < 1.29 is 9.53 Å². The molecule has 7 heteroatoms. The highest BCUT2D eigenvalue weighted by molar-refractivity contribution is 5.94. The molecule has 2 aromatic rings. The number of fused-ring (bicyclic) bond motifs is 1. The highest BCUT2D eigenvalue weighted by Crippen LogP contribution is 2.29. The van der Waals surface area contributed by atoms with Crippen LogP contribution in [-0.4, -0.2) is 32.2 Å². The average molecular weight is 301 g/mol.